The third-order valence-electron chi connectivity index (χ3n) is 4.62. The Hall–Kier alpha value is -1.02. The van der Waals surface area contributed by atoms with Crippen LogP contribution in [0.3, 0.4) is 0 Å². The lowest BCUT2D eigenvalue weighted by Crippen LogP contribution is -2.45. The van der Waals surface area contributed by atoms with E-state index in [1.54, 1.807) is 0 Å². The van der Waals surface area contributed by atoms with Crippen LogP contribution in [-0.2, 0) is 0 Å². The molecule has 0 aromatic carbocycles. The molecule has 0 spiro atoms. The number of hydrogen-bond acceptors (Lipinski definition) is 2. The van der Waals surface area contributed by atoms with Crippen LogP contribution in [0.2, 0.25) is 0 Å². The monoisotopic (exact) mass is 306 g/mol. The molecule has 1 rings (SSSR count). The summed E-state index contributed by atoms with van der Waals surface area (Å²) >= 11 is 0. The molecule has 2 heteroatoms. The van der Waals surface area contributed by atoms with Crippen molar-refractivity contribution in [1.82, 2.24) is 9.80 Å². The molecule has 128 valence electrons. The van der Waals surface area contributed by atoms with Gasteiger partial charge >= 0.3 is 0 Å². The zero-order chi connectivity index (χ0) is 17.1. The van der Waals surface area contributed by atoms with Crippen LogP contribution in [0, 0.1) is 5.92 Å². The van der Waals surface area contributed by atoms with Gasteiger partial charge in [0.05, 0.1) is 0 Å². The van der Waals surface area contributed by atoms with Gasteiger partial charge in [-0.1, -0.05) is 58.9 Å². The fraction of sp³-hybridized carbons (Fsp3) is 0.700. The minimum atomic E-state index is 0.620. The highest BCUT2D eigenvalue weighted by Gasteiger charge is 2.19. The van der Waals surface area contributed by atoms with E-state index in [0.717, 1.165) is 32.7 Å². The van der Waals surface area contributed by atoms with Gasteiger partial charge in [0.2, 0.25) is 0 Å². The Labute approximate surface area is 139 Å². The van der Waals surface area contributed by atoms with Crippen LogP contribution in [0.1, 0.15) is 54.9 Å². The molecule has 1 fully saturated rings. The Morgan fingerprint density at radius 3 is 2.09 bits per heavy atom. The first-order chi connectivity index (χ1) is 10.5. The molecule has 2 nitrogen and oxygen atoms in total. The molecule has 1 saturated heterocycles. The second-order valence-corrected chi connectivity index (χ2v) is 5.77. The van der Waals surface area contributed by atoms with Crippen molar-refractivity contribution in [2.24, 2.45) is 5.92 Å². The largest absolute Gasteiger partial charge is 0.369 e. The van der Waals surface area contributed by atoms with Crippen molar-refractivity contribution in [3.63, 3.8) is 0 Å². The second kappa shape index (κ2) is 11.5. The summed E-state index contributed by atoms with van der Waals surface area (Å²) in [7, 11) is 0. The predicted octanol–water partition coefficient (Wildman–Crippen LogP) is 5.10. The van der Waals surface area contributed by atoms with Gasteiger partial charge in [-0.15, -0.1) is 0 Å². The SMILES string of the molecule is C=C(C(/C=C\C)=C(\C)C(C)CC)N1CCN(CC)CC1.CC. The molecular weight excluding hydrogens is 268 g/mol. The normalized spacial score (nSPS) is 18.6. The first-order valence-electron chi connectivity index (χ1n) is 9.05. The van der Waals surface area contributed by atoms with E-state index in [1.807, 2.05) is 13.8 Å². The van der Waals surface area contributed by atoms with Crippen LogP contribution in [0.5, 0.6) is 0 Å². The Kier molecular flexibility index (Phi) is 11.0. The Morgan fingerprint density at radius 2 is 1.68 bits per heavy atom. The highest BCUT2D eigenvalue weighted by atomic mass is 15.3. The number of piperazine rings is 1. The van der Waals surface area contributed by atoms with Gasteiger partial charge in [-0.05, 0) is 38.3 Å². The maximum absolute atomic E-state index is 4.38. The van der Waals surface area contributed by atoms with Gasteiger partial charge in [0.1, 0.15) is 0 Å². The maximum Gasteiger partial charge on any atom is 0.0367 e. The van der Waals surface area contributed by atoms with Gasteiger partial charge in [-0.25, -0.2) is 0 Å². The number of allylic oxidation sites excluding steroid dienone is 3. The summed E-state index contributed by atoms with van der Waals surface area (Å²) in [6.07, 6.45) is 5.55. The summed E-state index contributed by atoms with van der Waals surface area (Å²) in [5.74, 6) is 0.620. The van der Waals surface area contributed by atoms with Crippen molar-refractivity contribution in [2.75, 3.05) is 32.7 Å². The molecule has 0 N–H and O–H groups in total. The molecule has 0 bridgehead atoms. The lowest BCUT2D eigenvalue weighted by atomic mass is 9.93. The van der Waals surface area contributed by atoms with Crippen LogP contribution < -0.4 is 0 Å². The van der Waals surface area contributed by atoms with Gasteiger partial charge in [0.15, 0.2) is 0 Å². The van der Waals surface area contributed by atoms with E-state index < -0.39 is 0 Å². The maximum atomic E-state index is 4.38. The average Bonchev–Trinajstić information content (AvgIpc) is 2.59. The summed E-state index contributed by atoms with van der Waals surface area (Å²) in [5, 5.41) is 0. The van der Waals surface area contributed by atoms with E-state index in [2.05, 4.69) is 63.1 Å². The third kappa shape index (κ3) is 6.00. The third-order valence-corrected chi connectivity index (χ3v) is 4.62. The molecule has 1 aliphatic rings. The fourth-order valence-corrected chi connectivity index (χ4v) is 2.70. The van der Waals surface area contributed by atoms with E-state index >= 15 is 0 Å². The molecule has 0 aliphatic carbocycles. The van der Waals surface area contributed by atoms with Crippen molar-refractivity contribution >= 4 is 0 Å². The van der Waals surface area contributed by atoms with Crippen molar-refractivity contribution in [2.45, 2.75) is 54.9 Å². The molecule has 0 saturated carbocycles. The molecule has 1 aliphatic heterocycles. The van der Waals surface area contributed by atoms with Crippen molar-refractivity contribution < 1.29 is 0 Å². The molecule has 1 heterocycles. The summed E-state index contributed by atoms with van der Waals surface area (Å²) in [4.78, 5) is 4.96. The van der Waals surface area contributed by atoms with Crippen LogP contribution >= 0.6 is 0 Å². The molecular formula is C20H38N2. The zero-order valence-electron chi connectivity index (χ0n) is 16.1. The van der Waals surface area contributed by atoms with Gasteiger partial charge in [-0.3, -0.25) is 0 Å². The zero-order valence-corrected chi connectivity index (χ0v) is 16.1. The molecule has 22 heavy (non-hydrogen) atoms. The summed E-state index contributed by atoms with van der Waals surface area (Å²) in [6.45, 7) is 25.2. The Morgan fingerprint density at radius 1 is 1.14 bits per heavy atom. The summed E-state index contributed by atoms with van der Waals surface area (Å²) in [6, 6.07) is 0. The minimum Gasteiger partial charge on any atom is -0.369 e. The van der Waals surface area contributed by atoms with E-state index in [9.17, 15) is 0 Å². The quantitative estimate of drug-likeness (QED) is 0.630. The first-order valence-corrected chi connectivity index (χ1v) is 9.05. The summed E-state index contributed by atoms with van der Waals surface area (Å²) < 4.78 is 0. The predicted molar refractivity (Wildman–Crippen MR) is 101 cm³/mol. The molecule has 0 aromatic heterocycles. The lowest BCUT2D eigenvalue weighted by molar-refractivity contribution is 0.168. The molecule has 1 atom stereocenters. The van der Waals surface area contributed by atoms with Crippen molar-refractivity contribution in [3.05, 3.63) is 35.6 Å². The lowest BCUT2D eigenvalue weighted by Gasteiger charge is -2.37. The van der Waals surface area contributed by atoms with Crippen LogP contribution in [0.15, 0.2) is 35.6 Å². The number of nitrogens with zero attached hydrogens (tertiary/aromatic N) is 2. The van der Waals surface area contributed by atoms with Crippen LogP contribution in [-0.4, -0.2) is 42.5 Å². The number of hydrogen-bond donors (Lipinski definition) is 0. The Bertz CT molecular complexity index is 371. The van der Waals surface area contributed by atoms with Gasteiger partial charge in [-0.2, -0.15) is 0 Å². The molecule has 1 unspecified atom stereocenters. The molecule has 0 amide bonds. The van der Waals surface area contributed by atoms with Crippen LogP contribution in [0.4, 0.5) is 0 Å². The van der Waals surface area contributed by atoms with Gasteiger partial charge < -0.3 is 9.80 Å². The highest BCUT2D eigenvalue weighted by Crippen LogP contribution is 2.26. The number of likely N-dealkylation sites (N-methyl/N-ethyl adjacent to an activating group) is 1. The van der Waals surface area contributed by atoms with E-state index in [4.69, 9.17) is 0 Å². The second-order valence-electron chi connectivity index (χ2n) is 5.77. The van der Waals surface area contributed by atoms with Gasteiger partial charge in [0, 0.05) is 31.9 Å². The van der Waals surface area contributed by atoms with E-state index in [-0.39, 0.29) is 0 Å². The summed E-state index contributed by atoms with van der Waals surface area (Å²) in [5.41, 5.74) is 4.01. The average molecular weight is 307 g/mol. The Balaban J connectivity index is 0.00000211. The van der Waals surface area contributed by atoms with E-state index in [1.165, 1.54) is 23.3 Å². The smallest absolute Gasteiger partial charge is 0.0367 e. The first kappa shape index (κ1) is 21.0. The van der Waals surface area contributed by atoms with Crippen molar-refractivity contribution in [3.8, 4) is 0 Å². The topological polar surface area (TPSA) is 6.48 Å². The van der Waals surface area contributed by atoms with Gasteiger partial charge in [0.25, 0.3) is 0 Å². The van der Waals surface area contributed by atoms with E-state index in [0.29, 0.717) is 5.92 Å². The van der Waals surface area contributed by atoms with Crippen LogP contribution in [0.25, 0.3) is 0 Å². The number of rotatable bonds is 6. The highest BCUT2D eigenvalue weighted by molar-refractivity contribution is 5.41. The molecule has 0 aromatic rings. The molecule has 0 radical (unpaired) electrons. The fourth-order valence-electron chi connectivity index (χ4n) is 2.70. The van der Waals surface area contributed by atoms with Crippen molar-refractivity contribution in [1.29, 1.82) is 0 Å². The standard InChI is InChI=1S/C18H32N2.C2H6/c1-7-10-18(16(5)15(4)8-2)17(6)20-13-11-19(9-3)12-14-20;1-2/h7,10,15H,6,8-9,11-14H2,1-5H3;1-2H3/b10-7-,18-16+;. The minimum absolute atomic E-state index is 0.620.